The average Bonchev–Trinajstić information content (AvgIpc) is 3.11. The van der Waals surface area contributed by atoms with Crippen LogP contribution in [-0.2, 0) is 16.7 Å². The fourth-order valence-corrected chi connectivity index (χ4v) is 4.52. The van der Waals surface area contributed by atoms with Crippen LogP contribution in [0.5, 0.6) is 5.75 Å². The quantitative estimate of drug-likeness (QED) is 0.364. The smallest absolute Gasteiger partial charge is 0.416 e. The van der Waals surface area contributed by atoms with Gasteiger partial charge < -0.3 is 25.8 Å². The van der Waals surface area contributed by atoms with Gasteiger partial charge in [-0.05, 0) is 36.4 Å². The molecule has 2 aliphatic rings. The number of benzene rings is 3. The Kier molecular flexibility index (Phi) is 5.80. The van der Waals surface area contributed by atoms with Gasteiger partial charge in [0.2, 0.25) is 0 Å². The molecule has 0 spiro atoms. The number of carbonyl (C=O) groups is 3. The molecule has 196 valence electrons. The van der Waals surface area contributed by atoms with Crippen LogP contribution in [0.25, 0.3) is 0 Å². The summed E-state index contributed by atoms with van der Waals surface area (Å²) in [4.78, 5) is 38.0. The van der Waals surface area contributed by atoms with Gasteiger partial charge in [-0.25, -0.2) is 8.78 Å². The number of aliphatic hydroxyl groups is 1. The predicted molar refractivity (Wildman–Crippen MR) is 122 cm³/mol. The van der Waals surface area contributed by atoms with E-state index in [1.807, 2.05) is 0 Å². The largest absolute Gasteiger partial charge is 0.481 e. The van der Waals surface area contributed by atoms with Crippen molar-refractivity contribution < 1.29 is 46.2 Å². The van der Waals surface area contributed by atoms with E-state index < -0.39 is 64.6 Å². The molecule has 5 rings (SSSR count). The summed E-state index contributed by atoms with van der Waals surface area (Å²) in [7, 11) is 0. The SMILES string of the molecule is O=C1COc2cc(NC(=O)c3cc(F)cc(C(F)(F)F)c3)c3c(c2N1)C(=O)NC3(O)c1cc(F)ccc1Cl. The minimum atomic E-state index is -4.96. The first-order valence-corrected chi connectivity index (χ1v) is 11.0. The average molecular weight is 554 g/mol. The van der Waals surface area contributed by atoms with Crippen LogP contribution in [0.4, 0.5) is 33.3 Å². The fraction of sp³-hybridized carbons (Fsp3) is 0.125. The van der Waals surface area contributed by atoms with Gasteiger partial charge >= 0.3 is 6.18 Å². The molecule has 1 unspecified atom stereocenters. The second-order valence-corrected chi connectivity index (χ2v) is 8.76. The lowest BCUT2D eigenvalue weighted by Crippen LogP contribution is -2.41. The first-order chi connectivity index (χ1) is 17.8. The molecule has 0 fully saturated rings. The second-order valence-electron chi connectivity index (χ2n) is 8.35. The van der Waals surface area contributed by atoms with Crippen LogP contribution in [0.15, 0.2) is 42.5 Å². The summed E-state index contributed by atoms with van der Waals surface area (Å²) in [6, 6.07) is 5.16. The van der Waals surface area contributed by atoms with Gasteiger partial charge in [-0.2, -0.15) is 13.2 Å². The predicted octanol–water partition coefficient (Wildman–Crippen LogP) is 4.16. The zero-order valence-electron chi connectivity index (χ0n) is 18.6. The molecule has 0 bridgehead atoms. The Hall–Kier alpha value is -4.23. The second kappa shape index (κ2) is 8.67. The highest BCUT2D eigenvalue weighted by Gasteiger charge is 2.49. The Morgan fingerprint density at radius 2 is 1.82 bits per heavy atom. The van der Waals surface area contributed by atoms with Gasteiger partial charge in [-0.15, -0.1) is 0 Å². The van der Waals surface area contributed by atoms with E-state index in [4.69, 9.17) is 16.3 Å². The summed E-state index contributed by atoms with van der Waals surface area (Å²) in [6.45, 7) is -0.473. The van der Waals surface area contributed by atoms with Crippen LogP contribution in [0.3, 0.4) is 0 Å². The van der Waals surface area contributed by atoms with Crippen molar-refractivity contribution in [3.05, 3.63) is 86.9 Å². The maximum absolute atomic E-state index is 14.1. The lowest BCUT2D eigenvalue weighted by atomic mass is 9.91. The number of anilines is 2. The van der Waals surface area contributed by atoms with Gasteiger partial charge in [-0.3, -0.25) is 14.4 Å². The highest BCUT2D eigenvalue weighted by molar-refractivity contribution is 6.31. The van der Waals surface area contributed by atoms with Crippen molar-refractivity contribution in [2.75, 3.05) is 17.2 Å². The third kappa shape index (κ3) is 4.19. The minimum absolute atomic E-state index is 0.126. The Morgan fingerprint density at radius 3 is 2.53 bits per heavy atom. The van der Waals surface area contributed by atoms with Gasteiger partial charge in [0.1, 0.15) is 17.4 Å². The number of nitrogens with one attached hydrogen (secondary N) is 3. The van der Waals surface area contributed by atoms with Crippen molar-refractivity contribution in [2.45, 2.75) is 11.9 Å². The zero-order valence-corrected chi connectivity index (χ0v) is 19.4. The van der Waals surface area contributed by atoms with E-state index >= 15 is 0 Å². The summed E-state index contributed by atoms with van der Waals surface area (Å²) in [5.74, 6) is -5.19. The topological polar surface area (TPSA) is 117 Å². The molecule has 0 aromatic heterocycles. The van der Waals surface area contributed by atoms with Gasteiger partial charge in [0.25, 0.3) is 17.7 Å². The van der Waals surface area contributed by atoms with Crippen molar-refractivity contribution in [1.29, 1.82) is 0 Å². The van der Waals surface area contributed by atoms with E-state index in [1.165, 1.54) is 0 Å². The third-order valence-electron chi connectivity index (χ3n) is 5.85. The van der Waals surface area contributed by atoms with Crippen molar-refractivity contribution in [3.8, 4) is 5.75 Å². The number of hydrogen-bond donors (Lipinski definition) is 4. The maximum atomic E-state index is 14.1. The number of halogens is 6. The molecule has 3 aromatic carbocycles. The minimum Gasteiger partial charge on any atom is -0.481 e. The van der Waals surface area contributed by atoms with E-state index in [0.29, 0.717) is 12.1 Å². The number of ether oxygens (including phenoxy) is 1. The van der Waals surface area contributed by atoms with E-state index in [-0.39, 0.29) is 39.3 Å². The summed E-state index contributed by atoms with van der Waals surface area (Å²) < 4.78 is 72.9. The molecule has 1 atom stereocenters. The van der Waals surface area contributed by atoms with E-state index in [1.54, 1.807) is 0 Å². The van der Waals surface area contributed by atoms with Crippen molar-refractivity contribution >= 4 is 40.7 Å². The lowest BCUT2D eigenvalue weighted by Gasteiger charge is -2.29. The summed E-state index contributed by atoms with van der Waals surface area (Å²) in [6.07, 6.45) is -4.96. The number of hydrogen-bond acceptors (Lipinski definition) is 5. The highest BCUT2D eigenvalue weighted by atomic mass is 35.5. The highest BCUT2D eigenvalue weighted by Crippen LogP contribution is 2.49. The van der Waals surface area contributed by atoms with Crippen LogP contribution in [0.1, 0.15) is 37.4 Å². The van der Waals surface area contributed by atoms with Gasteiger partial charge in [0.15, 0.2) is 12.3 Å². The molecule has 3 aromatic rings. The lowest BCUT2D eigenvalue weighted by molar-refractivity contribution is -0.137. The Labute approximate surface area is 214 Å². The van der Waals surface area contributed by atoms with Gasteiger partial charge in [-0.1, -0.05) is 11.6 Å². The number of carbonyl (C=O) groups excluding carboxylic acids is 3. The zero-order chi connectivity index (χ0) is 27.6. The third-order valence-corrected chi connectivity index (χ3v) is 6.18. The molecule has 14 heteroatoms. The van der Waals surface area contributed by atoms with Crippen molar-refractivity contribution in [2.24, 2.45) is 0 Å². The van der Waals surface area contributed by atoms with E-state index in [2.05, 4.69) is 16.0 Å². The van der Waals surface area contributed by atoms with Crippen molar-refractivity contribution in [1.82, 2.24) is 5.32 Å². The molecular weight excluding hydrogens is 541 g/mol. The number of amides is 3. The van der Waals surface area contributed by atoms with Crippen LogP contribution < -0.4 is 20.7 Å². The molecule has 2 aliphatic heterocycles. The Balaban J connectivity index is 1.70. The van der Waals surface area contributed by atoms with Crippen LogP contribution in [0.2, 0.25) is 5.02 Å². The Bertz CT molecular complexity index is 1560. The molecule has 0 aliphatic carbocycles. The monoisotopic (exact) mass is 553 g/mol. The summed E-state index contributed by atoms with van der Waals surface area (Å²) in [5.41, 5.74) is -6.45. The maximum Gasteiger partial charge on any atom is 0.416 e. The number of fused-ring (bicyclic) bond motifs is 3. The fourth-order valence-electron chi connectivity index (χ4n) is 4.26. The normalized spacial score (nSPS) is 18.2. The molecule has 0 radical (unpaired) electrons. The first-order valence-electron chi connectivity index (χ1n) is 10.6. The van der Waals surface area contributed by atoms with Gasteiger partial charge in [0, 0.05) is 27.8 Å². The molecule has 4 N–H and O–H groups in total. The number of rotatable bonds is 3. The van der Waals surface area contributed by atoms with E-state index in [0.717, 1.165) is 24.3 Å². The molecule has 0 saturated heterocycles. The Morgan fingerprint density at radius 1 is 1.08 bits per heavy atom. The van der Waals surface area contributed by atoms with Crippen LogP contribution in [0, 0.1) is 11.6 Å². The molecular formula is C24H13ClF5N3O5. The van der Waals surface area contributed by atoms with Crippen molar-refractivity contribution in [3.63, 3.8) is 0 Å². The molecule has 0 saturated carbocycles. The van der Waals surface area contributed by atoms with Crippen LogP contribution in [-0.4, -0.2) is 29.4 Å². The molecule has 38 heavy (non-hydrogen) atoms. The standard InChI is InChI=1S/C24H13ClF5N3O5/c25-14-2-1-11(26)6-13(14)23(37)19-15(7-16-20(18(19)22(36)33-23)32-17(34)8-38-16)31-21(35)9-3-10(24(28,29)30)5-12(27)4-9/h1-7,37H,8H2,(H,31,35)(H,32,34)(H,33,36). The summed E-state index contributed by atoms with van der Waals surface area (Å²) >= 11 is 6.17. The van der Waals surface area contributed by atoms with Crippen LogP contribution >= 0.6 is 11.6 Å². The summed E-state index contributed by atoms with van der Waals surface area (Å²) in [5, 5.41) is 18.3. The van der Waals surface area contributed by atoms with E-state index in [9.17, 15) is 41.4 Å². The van der Waals surface area contributed by atoms with Gasteiger partial charge in [0.05, 0.1) is 22.5 Å². The first kappa shape index (κ1) is 25.4. The molecule has 3 amide bonds. The molecule has 2 heterocycles. The molecule has 8 nitrogen and oxygen atoms in total. The number of alkyl halides is 3.